The summed E-state index contributed by atoms with van der Waals surface area (Å²) in [4.78, 5) is 11.4. The molecule has 0 atom stereocenters. The maximum atomic E-state index is 11.4. The van der Waals surface area contributed by atoms with Crippen LogP contribution in [0, 0.1) is 17.8 Å². The van der Waals surface area contributed by atoms with E-state index in [9.17, 15) is 4.79 Å². The number of nitrogens with one attached hydrogen (secondary N) is 1. The van der Waals surface area contributed by atoms with Gasteiger partial charge in [-0.05, 0) is 36.1 Å². The van der Waals surface area contributed by atoms with Crippen LogP contribution in [0.15, 0.2) is 48.6 Å². The zero-order valence-corrected chi connectivity index (χ0v) is 12.8. The third-order valence-corrected chi connectivity index (χ3v) is 2.65. The molecular formula is C19H23NO. The molecule has 0 bridgehead atoms. The lowest BCUT2D eigenvalue weighted by Crippen LogP contribution is -2.25. The van der Waals surface area contributed by atoms with Gasteiger partial charge in [-0.3, -0.25) is 4.79 Å². The SMILES string of the molecule is CC(C)CNC(=O)/C=C/CCC#C/C=C/c1ccccc1. The second kappa shape index (κ2) is 10.5. The van der Waals surface area contributed by atoms with Crippen molar-refractivity contribution in [1.82, 2.24) is 5.32 Å². The van der Waals surface area contributed by atoms with Crippen molar-refractivity contribution in [3.63, 3.8) is 0 Å². The molecule has 0 aliphatic heterocycles. The van der Waals surface area contributed by atoms with E-state index in [4.69, 9.17) is 0 Å². The van der Waals surface area contributed by atoms with Crippen LogP contribution >= 0.6 is 0 Å². The summed E-state index contributed by atoms with van der Waals surface area (Å²) in [5.74, 6) is 6.51. The number of carbonyl (C=O) groups excluding carboxylic acids is 1. The Kier molecular flexibility index (Phi) is 8.40. The minimum Gasteiger partial charge on any atom is -0.352 e. The lowest BCUT2D eigenvalue weighted by molar-refractivity contribution is -0.116. The van der Waals surface area contributed by atoms with Gasteiger partial charge in [0.1, 0.15) is 0 Å². The van der Waals surface area contributed by atoms with Crippen LogP contribution in [-0.2, 0) is 4.79 Å². The normalized spacial score (nSPS) is 10.8. The first kappa shape index (κ1) is 16.8. The number of hydrogen-bond acceptors (Lipinski definition) is 1. The maximum Gasteiger partial charge on any atom is 0.243 e. The summed E-state index contributed by atoms with van der Waals surface area (Å²) in [7, 11) is 0. The highest BCUT2D eigenvalue weighted by Crippen LogP contribution is 2.00. The zero-order chi connectivity index (χ0) is 15.3. The molecule has 0 spiro atoms. The molecule has 0 saturated carbocycles. The van der Waals surface area contributed by atoms with Crippen LogP contribution in [0.25, 0.3) is 6.08 Å². The predicted octanol–water partition coefficient (Wildman–Crippen LogP) is 3.81. The summed E-state index contributed by atoms with van der Waals surface area (Å²) in [6.45, 7) is 4.86. The number of benzene rings is 1. The fourth-order valence-electron chi connectivity index (χ4n) is 1.54. The maximum absolute atomic E-state index is 11.4. The van der Waals surface area contributed by atoms with Crippen LogP contribution in [0.5, 0.6) is 0 Å². The van der Waals surface area contributed by atoms with Crippen LogP contribution in [0.3, 0.4) is 0 Å². The van der Waals surface area contributed by atoms with Crippen molar-refractivity contribution in [3.05, 3.63) is 54.1 Å². The first-order valence-electron chi connectivity index (χ1n) is 7.33. The van der Waals surface area contributed by atoms with E-state index < -0.39 is 0 Å². The van der Waals surface area contributed by atoms with E-state index in [1.54, 1.807) is 6.08 Å². The minimum absolute atomic E-state index is 0.0272. The Morgan fingerprint density at radius 3 is 2.76 bits per heavy atom. The van der Waals surface area contributed by atoms with Crippen molar-refractivity contribution in [1.29, 1.82) is 0 Å². The third-order valence-electron chi connectivity index (χ3n) is 2.65. The molecule has 1 aromatic carbocycles. The standard InChI is InChI=1S/C19H23NO/c1-17(2)16-20-19(21)15-11-6-4-3-5-8-12-18-13-9-7-10-14-18/h7-15,17H,4,6,16H2,1-2H3,(H,20,21)/b12-8+,15-11+. The summed E-state index contributed by atoms with van der Waals surface area (Å²) in [6, 6.07) is 10.1. The second-order valence-corrected chi connectivity index (χ2v) is 5.15. The van der Waals surface area contributed by atoms with E-state index in [2.05, 4.69) is 31.0 Å². The highest BCUT2D eigenvalue weighted by Gasteiger charge is 1.96. The number of amides is 1. The van der Waals surface area contributed by atoms with E-state index in [0.717, 1.165) is 18.4 Å². The molecule has 0 heterocycles. The Labute approximate surface area is 128 Å². The summed E-state index contributed by atoms with van der Waals surface area (Å²) in [5, 5.41) is 2.84. The van der Waals surface area contributed by atoms with Crippen LogP contribution in [0.1, 0.15) is 32.3 Å². The van der Waals surface area contributed by atoms with Gasteiger partial charge in [-0.15, -0.1) is 0 Å². The lowest BCUT2D eigenvalue weighted by atomic mass is 10.2. The van der Waals surface area contributed by atoms with Crippen molar-refractivity contribution in [2.45, 2.75) is 26.7 Å². The number of hydrogen-bond donors (Lipinski definition) is 1. The smallest absolute Gasteiger partial charge is 0.243 e. The largest absolute Gasteiger partial charge is 0.352 e. The van der Waals surface area contributed by atoms with Gasteiger partial charge in [0.15, 0.2) is 0 Å². The Bertz CT molecular complexity index is 530. The number of rotatable bonds is 6. The first-order chi connectivity index (χ1) is 10.2. The van der Waals surface area contributed by atoms with Crippen LogP contribution < -0.4 is 5.32 Å². The Morgan fingerprint density at radius 1 is 1.29 bits per heavy atom. The van der Waals surface area contributed by atoms with Crippen molar-refractivity contribution >= 4 is 12.0 Å². The van der Waals surface area contributed by atoms with Gasteiger partial charge in [-0.1, -0.05) is 62.1 Å². The third kappa shape index (κ3) is 9.29. The molecule has 21 heavy (non-hydrogen) atoms. The van der Waals surface area contributed by atoms with E-state index in [-0.39, 0.29) is 5.91 Å². The topological polar surface area (TPSA) is 29.1 Å². The zero-order valence-electron chi connectivity index (χ0n) is 12.8. The number of unbranched alkanes of at least 4 members (excludes halogenated alkanes) is 1. The molecule has 0 radical (unpaired) electrons. The Hall–Kier alpha value is -2.27. The van der Waals surface area contributed by atoms with Gasteiger partial charge < -0.3 is 5.32 Å². The monoisotopic (exact) mass is 281 g/mol. The molecule has 0 aliphatic carbocycles. The minimum atomic E-state index is -0.0272. The fourth-order valence-corrected chi connectivity index (χ4v) is 1.54. The summed E-state index contributed by atoms with van der Waals surface area (Å²) in [5.41, 5.74) is 1.15. The van der Waals surface area contributed by atoms with Gasteiger partial charge >= 0.3 is 0 Å². The molecule has 2 nitrogen and oxygen atoms in total. The van der Waals surface area contributed by atoms with Crippen molar-refractivity contribution in [2.24, 2.45) is 5.92 Å². The van der Waals surface area contributed by atoms with Gasteiger partial charge in [0.05, 0.1) is 0 Å². The van der Waals surface area contributed by atoms with Gasteiger partial charge in [-0.2, -0.15) is 0 Å². The second-order valence-electron chi connectivity index (χ2n) is 5.15. The quantitative estimate of drug-likeness (QED) is 0.479. The van der Waals surface area contributed by atoms with Crippen molar-refractivity contribution in [2.75, 3.05) is 6.54 Å². The molecule has 1 rings (SSSR count). The van der Waals surface area contributed by atoms with Crippen LogP contribution in [0.4, 0.5) is 0 Å². The molecular weight excluding hydrogens is 258 g/mol. The van der Waals surface area contributed by atoms with Crippen LogP contribution in [0.2, 0.25) is 0 Å². The molecule has 1 amide bonds. The molecule has 1 N–H and O–H groups in total. The fraction of sp³-hybridized carbons (Fsp3) is 0.316. The van der Waals surface area contributed by atoms with E-state index in [0.29, 0.717) is 12.5 Å². The molecule has 0 unspecified atom stereocenters. The van der Waals surface area contributed by atoms with E-state index in [1.165, 1.54) is 0 Å². The van der Waals surface area contributed by atoms with Gasteiger partial charge in [0, 0.05) is 13.0 Å². The number of carbonyl (C=O) groups is 1. The lowest BCUT2D eigenvalue weighted by Gasteiger charge is -2.03. The van der Waals surface area contributed by atoms with E-state index in [1.807, 2.05) is 48.6 Å². The van der Waals surface area contributed by atoms with Crippen LogP contribution in [-0.4, -0.2) is 12.5 Å². The van der Waals surface area contributed by atoms with Gasteiger partial charge in [0.25, 0.3) is 0 Å². The number of allylic oxidation sites excluding steroid dienone is 2. The summed E-state index contributed by atoms with van der Waals surface area (Å²) >= 11 is 0. The average molecular weight is 281 g/mol. The molecule has 2 heteroatoms. The van der Waals surface area contributed by atoms with Gasteiger partial charge in [0.2, 0.25) is 5.91 Å². The molecule has 110 valence electrons. The van der Waals surface area contributed by atoms with Gasteiger partial charge in [-0.25, -0.2) is 0 Å². The van der Waals surface area contributed by atoms with Crippen molar-refractivity contribution in [3.8, 4) is 11.8 Å². The first-order valence-corrected chi connectivity index (χ1v) is 7.33. The predicted molar refractivity (Wildman–Crippen MR) is 89.5 cm³/mol. The average Bonchev–Trinajstić information content (AvgIpc) is 2.49. The molecule has 0 aliphatic rings. The molecule has 1 aromatic rings. The molecule has 0 saturated heterocycles. The Morgan fingerprint density at radius 2 is 2.05 bits per heavy atom. The molecule has 0 fully saturated rings. The summed E-state index contributed by atoms with van der Waals surface area (Å²) < 4.78 is 0. The highest BCUT2D eigenvalue weighted by molar-refractivity contribution is 5.87. The molecule has 0 aromatic heterocycles. The summed E-state index contributed by atoms with van der Waals surface area (Å²) in [6.07, 6.45) is 8.85. The van der Waals surface area contributed by atoms with E-state index >= 15 is 0 Å². The highest BCUT2D eigenvalue weighted by atomic mass is 16.1. The Balaban J connectivity index is 2.18. The van der Waals surface area contributed by atoms with Crippen molar-refractivity contribution < 1.29 is 4.79 Å².